The van der Waals surface area contributed by atoms with Crippen molar-refractivity contribution in [3.63, 3.8) is 0 Å². The lowest BCUT2D eigenvalue weighted by Crippen LogP contribution is -2.21. The fourth-order valence-corrected chi connectivity index (χ4v) is 2.29. The van der Waals surface area contributed by atoms with Crippen molar-refractivity contribution in [2.45, 2.75) is 32.7 Å². The lowest BCUT2D eigenvalue weighted by Gasteiger charge is -2.03. The average molecular weight is 258 g/mol. The van der Waals surface area contributed by atoms with E-state index in [1.165, 1.54) is 0 Å². The molecule has 1 aromatic carbocycles. The van der Waals surface area contributed by atoms with Crippen LogP contribution in [0.1, 0.15) is 32.7 Å². The van der Waals surface area contributed by atoms with Crippen molar-refractivity contribution in [1.29, 1.82) is 0 Å². The molecule has 0 aliphatic heterocycles. The first-order chi connectivity index (χ1) is 9.08. The topological polar surface area (TPSA) is 51.3 Å². The highest BCUT2D eigenvalue weighted by Crippen LogP contribution is 2.36. The molecule has 0 radical (unpaired) electrons. The van der Waals surface area contributed by atoms with Gasteiger partial charge in [-0.1, -0.05) is 0 Å². The van der Waals surface area contributed by atoms with Crippen molar-refractivity contribution in [3.05, 3.63) is 28.7 Å². The Morgan fingerprint density at radius 3 is 2.68 bits per heavy atom. The molecule has 0 spiro atoms. The molecule has 1 heterocycles. The summed E-state index contributed by atoms with van der Waals surface area (Å²) in [6, 6.07) is 6.33. The van der Waals surface area contributed by atoms with Crippen LogP contribution in [0.3, 0.4) is 0 Å². The zero-order valence-corrected chi connectivity index (χ0v) is 11.5. The summed E-state index contributed by atoms with van der Waals surface area (Å²) in [4.78, 5) is 12.2. The van der Waals surface area contributed by atoms with Crippen LogP contribution in [0.15, 0.2) is 28.1 Å². The molecule has 1 fully saturated rings. The summed E-state index contributed by atoms with van der Waals surface area (Å²) in [7, 11) is 1.82. The van der Waals surface area contributed by atoms with Crippen LogP contribution in [0, 0.1) is 0 Å². The summed E-state index contributed by atoms with van der Waals surface area (Å²) >= 11 is 0. The standard InChI is InChI=1S/C14H18N4O/c1-9(2)15-16-10-4-7-12-13(8-10)17(3)14(19)18(12)11-5-6-11/h4,7-8,11,16H,5-6H2,1-3H3. The van der Waals surface area contributed by atoms with Crippen LogP contribution in [-0.4, -0.2) is 14.8 Å². The summed E-state index contributed by atoms with van der Waals surface area (Å²) in [6.07, 6.45) is 2.22. The van der Waals surface area contributed by atoms with E-state index < -0.39 is 0 Å². The fourth-order valence-electron chi connectivity index (χ4n) is 2.29. The number of hydrogen-bond acceptors (Lipinski definition) is 3. The van der Waals surface area contributed by atoms with E-state index in [1.54, 1.807) is 4.57 Å². The molecular weight excluding hydrogens is 240 g/mol. The molecule has 0 unspecified atom stereocenters. The maximum Gasteiger partial charge on any atom is 0.329 e. The number of hydrazone groups is 1. The minimum atomic E-state index is 0.0739. The number of hydrogen-bond donors (Lipinski definition) is 1. The normalized spacial score (nSPS) is 14.7. The minimum Gasteiger partial charge on any atom is -0.295 e. The third kappa shape index (κ3) is 2.05. The van der Waals surface area contributed by atoms with Crippen molar-refractivity contribution < 1.29 is 0 Å². The number of nitrogens with zero attached hydrogens (tertiary/aromatic N) is 3. The Hall–Kier alpha value is -2.04. The van der Waals surface area contributed by atoms with Crippen molar-refractivity contribution in [1.82, 2.24) is 9.13 Å². The second kappa shape index (κ2) is 4.26. The van der Waals surface area contributed by atoms with Crippen molar-refractivity contribution in [3.8, 4) is 0 Å². The van der Waals surface area contributed by atoms with E-state index in [2.05, 4.69) is 10.5 Å². The largest absolute Gasteiger partial charge is 0.329 e. The van der Waals surface area contributed by atoms with Gasteiger partial charge in [-0.3, -0.25) is 14.6 Å². The monoisotopic (exact) mass is 258 g/mol. The van der Waals surface area contributed by atoms with Gasteiger partial charge in [0.15, 0.2) is 0 Å². The van der Waals surface area contributed by atoms with Crippen molar-refractivity contribution in [2.75, 3.05) is 5.43 Å². The lowest BCUT2D eigenvalue weighted by atomic mass is 10.2. The molecule has 19 heavy (non-hydrogen) atoms. The molecule has 5 nitrogen and oxygen atoms in total. The Labute approximate surface area is 111 Å². The van der Waals surface area contributed by atoms with E-state index in [4.69, 9.17) is 0 Å². The molecule has 0 bridgehead atoms. The molecule has 3 rings (SSSR count). The Morgan fingerprint density at radius 2 is 2.05 bits per heavy atom. The highest BCUT2D eigenvalue weighted by molar-refractivity contribution is 5.82. The molecule has 2 aromatic rings. The predicted octanol–water partition coefficient (Wildman–Crippen LogP) is 2.48. The number of benzene rings is 1. The molecule has 5 heteroatoms. The summed E-state index contributed by atoms with van der Waals surface area (Å²) in [6.45, 7) is 3.87. The predicted molar refractivity (Wildman–Crippen MR) is 77.9 cm³/mol. The molecule has 0 saturated heterocycles. The number of imidazole rings is 1. The smallest absolute Gasteiger partial charge is 0.295 e. The third-order valence-electron chi connectivity index (χ3n) is 3.41. The Kier molecular flexibility index (Phi) is 2.69. The van der Waals surface area contributed by atoms with Gasteiger partial charge in [-0.15, -0.1) is 0 Å². The van der Waals surface area contributed by atoms with E-state index in [0.29, 0.717) is 6.04 Å². The third-order valence-corrected chi connectivity index (χ3v) is 3.41. The first kappa shape index (κ1) is 12.0. The van der Waals surface area contributed by atoms with Gasteiger partial charge in [0.1, 0.15) is 0 Å². The van der Waals surface area contributed by atoms with Gasteiger partial charge in [-0.25, -0.2) is 4.79 Å². The quantitative estimate of drug-likeness (QED) is 0.679. The van der Waals surface area contributed by atoms with E-state index >= 15 is 0 Å². The Morgan fingerprint density at radius 1 is 1.32 bits per heavy atom. The van der Waals surface area contributed by atoms with Crippen molar-refractivity contribution >= 4 is 22.4 Å². The summed E-state index contributed by atoms with van der Waals surface area (Å²) in [5, 5.41) is 4.18. The number of fused-ring (bicyclic) bond motifs is 1. The molecule has 0 amide bonds. The second-order valence-corrected chi connectivity index (χ2v) is 5.32. The Bertz CT molecular complexity index is 715. The van der Waals surface area contributed by atoms with Gasteiger partial charge in [0, 0.05) is 18.8 Å². The molecule has 1 N–H and O–H groups in total. The summed E-state index contributed by atoms with van der Waals surface area (Å²) in [5.74, 6) is 0. The van der Waals surface area contributed by atoms with E-state index in [-0.39, 0.29) is 5.69 Å². The molecular formula is C14H18N4O. The minimum absolute atomic E-state index is 0.0739. The van der Waals surface area contributed by atoms with Crippen LogP contribution in [0.2, 0.25) is 0 Å². The molecule has 1 saturated carbocycles. The summed E-state index contributed by atoms with van der Waals surface area (Å²) in [5.41, 5.74) is 6.90. The van der Waals surface area contributed by atoms with Crippen LogP contribution < -0.4 is 11.1 Å². The zero-order valence-electron chi connectivity index (χ0n) is 11.5. The van der Waals surface area contributed by atoms with Crippen molar-refractivity contribution in [2.24, 2.45) is 12.1 Å². The molecule has 1 aliphatic rings. The summed E-state index contributed by atoms with van der Waals surface area (Å²) < 4.78 is 3.62. The highest BCUT2D eigenvalue weighted by atomic mass is 16.1. The fraction of sp³-hybridized carbons (Fsp3) is 0.429. The maximum absolute atomic E-state index is 12.2. The maximum atomic E-state index is 12.2. The van der Waals surface area contributed by atoms with Crippen LogP contribution >= 0.6 is 0 Å². The first-order valence-electron chi connectivity index (χ1n) is 6.56. The van der Waals surface area contributed by atoms with Gasteiger partial charge in [-0.2, -0.15) is 5.10 Å². The van der Waals surface area contributed by atoms with Gasteiger partial charge in [0.25, 0.3) is 0 Å². The van der Waals surface area contributed by atoms with Crippen LogP contribution in [0.4, 0.5) is 5.69 Å². The molecule has 100 valence electrons. The van der Waals surface area contributed by atoms with Crippen LogP contribution in [0.25, 0.3) is 11.0 Å². The molecule has 1 aromatic heterocycles. The first-order valence-corrected chi connectivity index (χ1v) is 6.56. The number of aryl methyl sites for hydroxylation is 1. The van der Waals surface area contributed by atoms with E-state index in [1.807, 2.05) is 43.7 Å². The van der Waals surface area contributed by atoms with Crippen LogP contribution in [0.5, 0.6) is 0 Å². The zero-order chi connectivity index (χ0) is 13.6. The van der Waals surface area contributed by atoms with Gasteiger partial charge in [0.05, 0.1) is 16.7 Å². The average Bonchev–Trinajstić information content (AvgIpc) is 3.17. The van der Waals surface area contributed by atoms with Crippen LogP contribution in [-0.2, 0) is 7.05 Å². The molecule has 0 atom stereocenters. The number of nitrogens with one attached hydrogen (secondary N) is 1. The van der Waals surface area contributed by atoms with Gasteiger partial charge in [-0.05, 0) is 44.9 Å². The molecule has 1 aliphatic carbocycles. The number of aromatic nitrogens is 2. The van der Waals surface area contributed by atoms with Gasteiger partial charge >= 0.3 is 5.69 Å². The number of rotatable bonds is 3. The van der Waals surface area contributed by atoms with E-state index in [9.17, 15) is 4.79 Å². The highest BCUT2D eigenvalue weighted by Gasteiger charge is 2.28. The Balaban J connectivity index is 2.11. The van der Waals surface area contributed by atoms with Gasteiger partial charge < -0.3 is 0 Å². The SMILES string of the molecule is CC(C)=NNc1ccc2c(c1)n(C)c(=O)n2C1CC1. The van der Waals surface area contributed by atoms with Gasteiger partial charge in [0.2, 0.25) is 0 Å². The number of anilines is 1. The lowest BCUT2D eigenvalue weighted by molar-refractivity contribution is 0.696. The van der Waals surface area contributed by atoms with E-state index in [0.717, 1.165) is 35.3 Å². The second-order valence-electron chi connectivity index (χ2n) is 5.32.